The number of nitrogens with two attached hydrogens (primary N) is 3. The van der Waals surface area contributed by atoms with Crippen LogP contribution >= 0.6 is 0 Å². The number of benzene rings is 12. The Morgan fingerprint density at radius 2 is 0.643 bits per heavy atom. The number of hydrogen-bond acceptors (Lipinski definition) is 17. The van der Waals surface area contributed by atoms with Gasteiger partial charge in [0.2, 0.25) is 0 Å². The summed E-state index contributed by atoms with van der Waals surface area (Å²) in [4.78, 5) is 44.7. The molecule has 0 saturated carbocycles. The normalized spacial score (nSPS) is 12.0. The number of carboxylic acid groups (broad SMARTS) is 3. The third-order valence-corrected chi connectivity index (χ3v) is 22.5. The van der Waals surface area contributed by atoms with E-state index in [9.17, 15) is 29.7 Å². The van der Waals surface area contributed by atoms with Crippen molar-refractivity contribution in [1.29, 1.82) is 0 Å². The van der Waals surface area contributed by atoms with Gasteiger partial charge in [-0.1, -0.05) is 240 Å². The molecule has 0 bridgehead atoms. The molecule has 0 radical (unpaired) electrons. The van der Waals surface area contributed by atoms with E-state index in [1.807, 2.05) is 158 Å². The first-order valence-electron chi connectivity index (χ1n) is 43.6. The van der Waals surface area contributed by atoms with Gasteiger partial charge in [-0.2, -0.15) is 0 Å². The molecule has 12 aromatic carbocycles. The third-order valence-electron chi connectivity index (χ3n) is 22.5. The highest BCUT2D eigenvalue weighted by atomic mass is 16.5. The standard InChI is InChI=1S/C36H39N3O4.2C36H38N2O5/c1-25-7-5-9-27(19-25)23-42-33-12-4-3-11-30(33)21-39(18-16-32(37)36(40)41)22-31-34(14-13-29-15-17-38-35(29)31)43-24-28-10-6-8-26(2)20-28;1-25-7-5-9-27(19-25)23-42-33-12-4-3-11-29(33)21-38(17-15-32(37)36(39)40)22-31-30-16-18-41-34(30)13-14-35(31)43-24-28-10-6-8-26(2)20-28;1-25-7-5-9-27(19-25)23-42-33-12-4-3-11-29(33)21-38(17-15-32(37)36(39)40)22-30-13-14-34-31(16-18-41-34)35(30)43-24-28-10-6-8-26(2)20-28/h3-15,17,19-20,32,38H,16,18,21-24,37H2,1-2H3,(H,40,41);2*3-14,16,18-20,32H,15,17,21-24,37H2,1-2H3,(H,39,40)/t3*32-/m000/s1. The number of carboxylic acids is 3. The number of rotatable bonds is 42. The molecule has 10 N–H and O–H groups in total. The molecule has 21 nitrogen and oxygen atoms in total. The lowest BCUT2D eigenvalue weighted by atomic mass is 10.1. The zero-order valence-electron chi connectivity index (χ0n) is 74.1. The van der Waals surface area contributed by atoms with Crippen molar-refractivity contribution in [3.63, 3.8) is 0 Å². The summed E-state index contributed by atoms with van der Waals surface area (Å²) in [5.41, 5.74) is 40.0. The van der Waals surface area contributed by atoms with Crippen LogP contribution in [0.3, 0.4) is 0 Å². The molecule has 0 unspecified atom stereocenters. The fraction of sp³-hybridized carbons (Fsp3) is 0.250. The Hall–Kier alpha value is -13.8. The van der Waals surface area contributed by atoms with E-state index in [-0.39, 0.29) is 0 Å². The molecule has 3 aromatic heterocycles. The van der Waals surface area contributed by atoms with Gasteiger partial charge in [0.15, 0.2) is 0 Å². The minimum absolute atomic E-state index is 0.294. The van der Waals surface area contributed by atoms with E-state index in [2.05, 4.69) is 183 Å². The summed E-state index contributed by atoms with van der Waals surface area (Å²) in [6.07, 6.45) is 6.17. The lowest BCUT2D eigenvalue weighted by Gasteiger charge is -2.26. The Labute approximate surface area is 754 Å². The molecule has 0 spiro atoms. The van der Waals surface area contributed by atoms with E-state index in [1.54, 1.807) is 12.5 Å². The number of para-hydroxylation sites is 3. The summed E-state index contributed by atoms with van der Waals surface area (Å²) in [5.74, 6) is 1.64. The van der Waals surface area contributed by atoms with Gasteiger partial charge in [-0.15, -0.1) is 0 Å². The van der Waals surface area contributed by atoms with E-state index in [0.717, 1.165) is 134 Å². The molecule has 0 aliphatic rings. The average molecular weight is 1740 g/mol. The third kappa shape index (κ3) is 27.4. The molecule has 15 rings (SSSR count). The number of nitrogens with one attached hydrogen (secondary N) is 1. The van der Waals surface area contributed by atoms with Gasteiger partial charge in [0, 0.05) is 104 Å². The zero-order valence-corrected chi connectivity index (χ0v) is 74.1. The van der Waals surface area contributed by atoms with Crippen molar-refractivity contribution in [3.8, 4) is 34.5 Å². The minimum atomic E-state index is -1.01. The van der Waals surface area contributed by atoms with Crippen molar-refractivity contribution in [2.45, 2.75) is 158 Å². The summed E-state index contributed by atoms with van der Waals surface area (Å²) in [5, 5.41) is 31.4. The topological polar surface area (TPSA) is 297 Å². The van der Waals surface area contributed by atoms with Crippen molar-refractivity contribution in [2.24, 2.45) is 17.2 Å². The van der Waals surface area contributed by atoms with E-state index >= 15 is 0 Å². The van der Waals surface area contributed by atoms with Crippen LogP contribution in [0.15, 0.2) is 301 Å². The molecule has 0 fully saturated rings. The van der Waals surface area contributed by atoms with Crippen molar-refractivity contribution >= 4 is 50.7 Å². The number of nitrogens with zero attached hydrogens (tertiary/aromatic N) is 3. The predicted octanol–water partition coefficient (Wildman–Crippen LogP) is 20.8. The van der Waals surface area contributed by atoms with E-state index < -0.39 is 36.0 Å². The summed E-state index contributed by atoms with van der Waals surface area (Å²) >= 11 is 0. The second-order valence-corrected chi connectivity index (χ2v) is 33.1. The van der Waals surface area contributed by atoms with Crippen molar-refractivity contribution in [3.05, 3.63) is 392 Å². The van der Waals surface area contributed by atoms with Crippen LogP contribution in [0.5, 0.6) is 34.5 Å². The van der Waals surface area contributed by atoms with Crippen LogP contribution < -0.4 is 45.6 Å². The molecule has 0 aliphatic carbocycles. The number of aliphatic carboxylic acids is 3. The number of aromatic amines is 1. The van der Waals surface area contributed by atoms with Crippen LogP contribution in [0.1, 0.15) is 119 Å². The number of ether oxygens (including phenoxy) is 6. The van der Waals surface area contributed by atoms with Crippen LogP contribution in [0.2, 0.25) is 0 Å². The van der Waals surface area contributed by atoms with Gasteiger partial charge in [-0.3, -0.25) is 29.1 Å². The largest absolute Gasteiger partial charge is 0.489 e. The second-order valence-electron chi connectivity index (χ2n) is 33.1. The highest BCUT2D eigenvalue weighted by Crippen LogP contribution is 2.37. The molecule has 3 heterocycles. The molecular formula is C108H115N7O14. The molecule has 0 saturated heterocycles. The van der Waals surface area contributed by atoms with Crippen LogP contribution in [-0.2, 0) is 93.3 Å². The first kappa shape index (κ1) is 92.9. The number of aryl methyl sites for hydroxylation is 6. The average Bonchev–Trinajstić information content (AvgIpc) is 1.73. The van der Waals surface area contributed by atoms with Gasteiger partial charge >= 0.3 is 17.9 Å². The SMILES string of the molecule is Cc1cccc(COc2ccccc2CN(CC[C@H](N)C(=O)O)Cc2c(OCc3cccc(C)c3)ccc3cc[nH]c23)c1.Cc1cccc(COc2ccccc2CN(CC[C@H](N)C(=O)O)Cc2c(OCc3cccc(C)c3)ccc3occc23)c1.Cc1cccc(COc2ccccc2CN(CC[C@H](N)C(=O)O)Cc2ccc3occc3c2OCc2cccc(C)c2)c1. The highest BCUT2D eigenvalue weighted by Gasteiger charge is 2.25. The number of aromatic nitrogens is 1. The lowest BCUT2D eigenvalue weighted by molar-refractivity contribution is -0.139. The van der Waals surface area contributed by atoms with E-state index in [4.69, 9.17) is 54.5 Å². The quantitative estimate of drug-likeness (QED) is 0.0187. The Morgan fingerprint density at radius 3 is 1.03 bits per heavy atom. The zero-order chi connectivity index (χ0) is 90.5. The Morgan fingerprint density at radius 1 is 0.326 bits per heavy atom. The smallest absolute Gasteiger partial charge is 0.320 e. The fourth-order valence-electron chi connectivity index (χ4n) is 15.7. The summed E-state index contributed by atoms with van der Waals surface area (Å²) in [7, 11) is 0. The van der Waals surface area contributed by atoms with E-state index in [0.29, 0.717) is 118 Å². The van der Waals surface area contributed by atoms with Gasteiger partial charge in [0.05, 0.1) is 23.4 Å². The molecule has 21 heteroatoms. The minimum Gasteiger partial charge on any atom is -0.489 e. The van der Waals surface area contributed by atoms with Crippen LogP contribution in [-0.4, -0.2) is 90.7 Å². The number of carbonyl (C=O) groups is 3. The lowest BCUT2D eigenvalue weighted by Crippen LogP contribution is -2.35. The van der Waals surface area contributed by atoms with Gasteiger partial charge in [0.25, 0.3) is 0 Å². The molecule has 0 aliphatic heterocycles. The number of H-pyrrole nitrogens is 1. The first-order chi connectivity index (χ1) is 62.6. The number of fused-ring (bicyclic) bond motifs is 3. The number of furan rings is 2. The molecule has 3 atom stereocenters. The Kier molecular flexibility index (Phi) is 33.2. The van der Waals surface area contributed by atoms with Crippen molar-refractivity contribution < 1.29 is 67.0 Å². The molecule has 15 aromatic rings. The van der Waals surface area contributed by atoms with Gasteiger partial charge < -0.3 is 74.8 Å². The van der Waals surface area contributed by atoms with Gasteiger partial charge in [-0.25, -0.2) is 0 Å². The Balaban J connectivity index is 0.000000165. The van der Waals surface area contributed by atoms with Crippen LogP contribution in [0.25, 0.3) is 32.8 Å². The second kappa shape index (κ2) is 46.1. The number of hydrogen-bond donors (Lipinski definition) is 7. The molecular weight excluding hydrogens is 1620 g/mol. The predicted molar refractivity (Wildman–Crippen MR) is 506 cm³/mol. The fourth-order valence-corrected chi connectivity index (χ4v) is 15.7. The maximum atomic E-state index is 11.6. The maximum Gasteiger partial charge on any atom is 0.320 e. The first-order valence-corrected chi connectivity index (χ1v) is 43.6. The summed E-state index contributed by atoms with van der Waals surface area (Å²) in [6, 6.07) is 88.5. The molecule has 129 heavy (non-hydrogen) atoms. The van der Waals surface area contributed by atoms with Crippen LogP contribution in [0.4, 0.5) is 0 Å². The van der Waals surface area contributed by atoms with Crippen molar-refractivity contribution in [2.75, 3.05) is 19.6 Å². The van der Waals surface area contributed by atoms with Gasteiger partial charge in [0.1, 0.15) is 103 Å². The van der Waals surface area contributed by atoms with E-state index in [1.165, 1.54) is 33.4 Å². The molecule has 0 amide bonds. The summed E-state index contributed by atoms with van der Waals surface area (Å²) < 4.78 is 49.5. The molecule has 666 valence electrons. The highest BCUT2D eigenvalue weighted by molar-refractivity contribution is 5.87. The van der Waals surface area contributed by atoms with Gasteiger partial charge in [-0.05, 0) is 166 Å². The maximum absolute atomic E-state index is 11.6. The Bertz CT molecular complexity index is 5970. The summed E-state index contributed by atoms with van der Waals surface area (Å²) in [6.45, 7) is 19.6. The van der Waals surface area contributed by atoms with Crippen LogP contribution in [0, 0.1) is 41.5 Å². The van der Waals surface area contributed by atoms with Crippen molar-refractivity contribution in [1.82, 2.24) is 19.7 Å². The monoisotopic (exact) mass is 1730 g/mol.